The summed E-state index contributed by atoms with van der Waals surface area (Å²) in [5.41, 5.74) is 1.62. The first-order valence-corrected chi connectivity index (χ1v) is 7.03. The van der Waals surface area contributed by atoms with Crippen LogP contribution in [0.3, 0.4) is 0 Å². The van der Waals surface area contributed by atoms with Crippen LogP contribution in [-0.2, 0) is 6.54 Å². The second-order valence-corrected chi connectivity index (χ2v) is 5.39. The van der Waals surface area contributed by atoms with E-state index in [4.69, 9.17) is 23.2 Å². The Kier molecular flexibility index (Phi) is 4.42. The van der Waals surface area contributed by atoms with Crippen molar-refractivity contribution >= 4 is 23.2 Å². The van der Waals surface area contributed by atoms with Gasteiger partial charge in [0, 0.05) is 12.1 Å². The fourth-order valence-corrected chi connectivity index (χ4v) is 2.76. The number of rotatable bonds is 4. The Morgan fingerprint density at radius 3 is 2.37 bits per heavy atom. The summed E-state index contributed by atoms with van der Waals surface area (Å²) in [6.45, 7) is 6.99. The Morgan fingerprint density at radius 1 is 1.21 bits per heavy atom. The highest BCUT2D eigenvalue weighted by atomic mass is 35.5. The van der Waals surface area contributed by atoms with E-state index in [9.17, 15) is 0 Å². The fraction of sp³-hybridized carbons (Fsp3) is 0.462. The lowest BCUT2D eigenvalue weighted by molar-refractivity contribution is 0.681. The number of halogens is 2. The highest BCUT2D eigenvalue weighted by molar-refractivity contribution is 6.34. The highest BCUT2D eigenvalue weighted by Gasteiger charge is 2.17. The largest absolute Gasteiger partial charge is 0.328 e. The summed E-state index contributed by atoms with van der Waals surface area (Å²) >= 11 is 12.4. The Balaban J connectivity index is 2.49. The number of nitrogens with zero attached hydrogens (tertiary/aromatic N) is 4. The predicted octanol–water partition coefficient (Wildman–Crippen LogP) is 4.18. The molecule has 6 heteroatoms. The molecule has 0 fully saturated rings. The van der Waals surface area contributed by atoms with E-state index in [0.717, 1.165) is 24.2 Å². The first kappa shape index (κ1) is 14.3. The van der Waals surface area contributed by atoms with E-state index in [-0.39, 0.29) is 5.92 Å². The van der Waals surface area contributed by atoms with Crippen LogP contribution in [0.5, 0.6) is 0 Å². The van der Waals surface area contributed by atoms with Crippen LogP contribution in [0.2, 0.25) is 10.3 Å². The van der Waals surface area contributed by atoms with E-state index in [1.165, 1.54) is 0 Å². The molecule has 0 bridgehead atoms. The molecule has 0 saturated carbocycles. The number of aromatic nitrogens is 4. The second-order valence-electron chi connectivity index (χ2n) is 4.67. The maximum absolute atomic E-state index is 6.21. The van der Waals surface area contributed by atoms with E-state index >= 15 is 0 Å². The van der Waals surface area contributed by atoms with Crippen LogP contribution in [0, 0.1) is 0 Å². The molecule has 0 spiro atoms. The third-order valence-corrected chi connectivity index (χ3v) is 3.41. The first-order chi connectivity index (χ1) is 9.04. The van der Waals surface area contributed by atoms with E-state index in [2.05, 4.69) is 21.9 Å². The van der Waals surface area contributed by atoms with Gasteiger partial charge in [-0.1, -0.05) is 44.0 Å². The molecule has 2 aromatic heterocycles. The Bertz CT molecular complexity index is 555. The zero-order chi connectivity index (χ0) is 14.0. The van der Waals surface area contributed by atoms with Gasteiger partial charge in [-0.3, -0.25) is 0 Å². The SMILES string of the molecule is CCCn1cncc1-c1nc(Cl)c(C(C)C)c(Cl)n1. The minimum atomic E-state index is 0.189. The summed E-state index contributed by atoms with van der Waals surface area (Å²) in [7, 11) is 0. The molecule has 102 valence electrons. The number of aryl methyl sites for hydroxylation is 1. The lowest BCUT2D eigenvalue weighted by Crippen LogP contribution is -2.03. The molecular weight excluding hydrogens is 283 g/mol. The molecule has 0 amide bonds. The quantitative estimate of drug-likeness (QED) is 0.795. The minimum absolute atomic E-state index is 0.189. The average Bonchev–Trinajstić information content (AvgIpc) is 2.76. The summed E-state index contributed by atoms with van der Waals surface area (Å²) in [4.78, 5) is 12.8. The van der Waals surface area contributed by atoms with Gasteiger partial charge in [0.1, 0.15) is 16.0 Å². The van der Waals surface area contributed by atoms with E-state index in [1.807, 2.05) is 18.4 Å². The third-order valence-electron chi connectivity index (χ3n) is 2.84. The molecule has 0 aliphatic carbocycles. The molecule has 0 radical (unpaired) electrons. The van der Waals surface area contributed by atoms with Gasteiger partial charge in [-0.2, -0.15) is 0 Å². The maximum Gasteiger partial charge on any atom is 0.180 e. The molecule has 19 heavy (non-hydrogen) atoms. The van der Waals surface area contributed by atoms with Gasteiger partial charge in [0.25, 0.3) is 0 Å². The Hall–Kier alpha value is -1.13. The van der Waals surface area contributed by atoms with Crippen LogP contribution in [-0.4, -0.2) is 19.5 Å². The zero-order valence-electron chi connectivity index (χ0n) is 11.2. The van der Waals surface area contributed by atoms with Gasteiger partial charge >= 0.3 is 0 Å². The summed E-state index contributed by atoms with van der Waals surface area (Å²) < 4.78 is 2.00. The van der Waals surface area contributed by atoms with Gasteiger partial charge in [-0.05, 0) is 12.3 Å². The smallest absolute Gasteiger partial charge is 0.180 e. The molecule has 2 rings (SSSR count). The van der Waals surface area contributed by atoms with Crippen molar-refractivity contribution in [3.05, 3.63) is 28.4 Å². The molecule has 4 nitrogen and oxygen atoms in total. The van der Waals surface area contributed by atoms with Crippen molar-refractivity contribution in [2.45, 2.75) is 39.7 Å². The lowest BCUT2D eigenvalue weighted by Gasteiger charge is -2.11. The van der Waals surface area contributed by atoms with Crippen molar-refractivity contribution in [2.75, 3.05) is 0 Å². The number of hydrogen-bond acceptors (Lipinski definition) is 3. The van der Waals surface area contributed by atoms with Crippen LogP contribution in [0.1, 0.15) is 38.7 Å². The van der Waals surface area contributed by atoms with E-state index in [1.54, 1.807) is 12.5 Å². The third kappa shape index (κ3) is 2.90. The van der Waals surface area contributed by atoms with Crippen molar-refractivity contribution in [1.82, 2.24) is 19.5 Å². The minimum Gasteiger partial charge on any atom is -0.328 e. The van der Waals surface area contributed by atoms with Crippen molar-refractivity contribution in [3.63, 3.8) is 0 Å². The van der Waals surface area contributed by atoms with E-state index in [0.29, 0.717) is 16.1 Å². The highest BCUT2D eigenvalue weighted by Crippen LogP contribution is 2.30. The van der Waals surface area contributed by atoms with Crippen molar-refractivity contribution in [3.8, 4) is 11.5 Å². The zero-order valence-corrected chi connectivity index (χ0v) is 12.7. The monoisotopic (exact) mass is 298 g/mol. The van der Waals surface area contributed by atoms with Gasteiger partial charge in [0.15, 0.2) is 5.82 Å². The van der Waals surface area contributed by atoms with Crippen molar-refractivity contribution < 1.29 is 0 Å². The van der Waals surface area contributed by atoms with Crippen LogP contribution in [0.4, 0.5) is 0 Å². The number of hydrogen-bond donors (Lipinski definition) is 0. The molecule has 2 aromatic rings. The molecule has 0 saturated heterocycles. The normalized spacial score (nSPS) is 11.3. The first-order valence-electron chi connectivity index (χ1n) is 6.28. The molecule has 0 aliphatic rings. The standard InChI is InChI=1S/C13H16Cl2N4/c1-4-5-19-7-16-6-9(19)13-17-11(14)10(8(2)3)12(15)18-13/h6-8H,4-5H2,1-3H3. The summed E-state index contributed by atoms with van der Waals surface area (Å²) in [6, 6.07) is 0. The van der Waals surface area contributed by atoms with Gasteiger partial charge in [0.2, 0.25) is 0 Å². The van der Waals surface area contributed by atoms with Crippen LogP contribution < -0.4 is 0 Å². The van der Waals surface area contributed by atoms with Gasteiger partial charge < -0.3 is 4.57 Å². The lowest BCUT2D eigenvalue weighted by atomic mass is 10.1. The molecule has 0 N–H and O–H groups in total. The van der Waals surface area contributed by atoms with Gasteiger partial charge in [-0.25, -0.2) is 15.0 Å². The Labute approximate surface area is 122 Å². The second kappa shape index (κ2) is 5.88. The molecule has 0 unspecified atom stereocenters. The summed E-state index contributed by atoms with van der Waals surface area (Å²) in [6.07, 6.45) is 4.50. The van der Waals surface area contributed by atoms with Gasteiger partial charge in [-0.15, -0.1) is 0 Å². The molecule has 2 heterocycles. The fourth-order valence-electron chi connectivity index (χ4n) is 1.93. The average molecular weight is 299 g/mol. The van der Waals surface area contributed by atoms with Crippen molar-refractivity contribution in [1.29, 1.82) is 0 Å². The Morgan fingerprint density at radius 2 is 1.84 bits per heavy atom. The van der Waals surface area contributed by atoms with Crippen LogP contribution >= 0.6 is 23.2 Å². The molecule has 0 aromatic carbocycles. The molecular formula is C13H16Cl2N4. The van der Waals surface area contributed by atoms with Crippen LogP contribution in [0.25, 0.3) is 11.5 Å². The topological polar surface area (TPSA) is 43.6 Å². The maximum atomic E-state index is 6.21. The summed E-state index contributed by atoms with van der Waals surface area (Å²) in [5.74, 6) is 0.708. The van der Waals surface area contributed by atoms with Gasteiger partial charge in [0.05, 0.1) is 12.5 Å². The molecule has 0 aliphatic heterocycles. The number of imidazole rings is 1. The molecule has 0 atom stereocenters. The van der Waals surface area contributed by atoms with Crippen LogP contribution in [0.15, 0.2) is 12.5 Å². The van der Waals surface area contributed by atoms with Crippen molar-refractivity contribution in [2.24, 2.45) is 0 Å². The summed E-state index contributed by atoms with van der Waals surface area (Å²) in [5, 5.41) is 0.823. The van der Waals surface area contributed by atoms with E-state index < -0.39 is 0 Å². The predicted molar refractivity (Wildman–Crippen MR) is 77.7 cm³/mol.